The second kappa shape index (κ2) is 7.53. The van der Waals surface area contributed by atoms with Gasteiger partial charge in [0.2, 0.25) is 0 Å². The maximum atomic E-state index is 12.9. The summed E-state index contributed by atoms with van der Waals surface area (Å²) in [4.78, 5) is 14.7. The third-order valence-electron chi connectivity index (χ3n) is 4.56. The molecule has 4 rings (SSSR count). The summed E-state index contributed by atoms with van der Waals surface area (Å²) in [7, 11) is 1.64. The number of methoxy groups -OCH3 is 1. The number of carbonyl (C=O) groups excluding carboxylic acids is 1. The van der Waals surface area contributed by atoms with Crippen molar-refractivity contribution in [3.05, 3.63) is 77.6 Å². The molecule has 0 fully saturated rings. The van der Waals surface area contributed by atoms with Crippen LogP contribution in [0.1, 0.15) is 21.7 Å². The summed E-state index contributed by atoms with van der Waals surface area (Å²) < 4.78 is 12.8. The van der Waals surface area contributed by atoms with Gasteiger partial charge in [-0.2, -0.15) is 5.10 Å². The summed E-state index contributed by atoms with van der Waals surface area (Å²) in [5.41, 5.74) is 2.41. The van der Waals surface area contributed by atoms with Crippen LogP contribution in [0, 0.1) is 0 Å². The predicted molar refractivity (Wildman–Crippen MR) is 101 cm³/mol. The molecule has 0 spiro atoms. The quantitative estimate of drug-likeness (QED) is 0.675. The van der Waals surface area contributed by atoms with Crippen molar-refractivity contribution in [3.8, 4) is 11.5 Å². The molecular weight excluding hydrogens is 342 g/mol. The second-order valence-corrected chi connectivity index (χ2v) is 6.42. The molecule has 0 aliphatic carbocycles. The van der Waals surface area contributed by atoms with Crippen LogP contribution in [0.2, 0.25) is 0 Å². The highest BCUT2D eigenvalue weighted by Gasteiger charge is 2.26. The first-order chi connectivity index (χ1) is 13.2. The molecular formula is C21H21N3O3. The molecule has 138 valence electrons. The molecule has 1 aromatic heterocycles. The number of hydrogen-bond acceptors (Lipinski definition) is 4. The van der Waals surface area contributed by atoms with Crippen molar-refractivity contribution in [2.45, 2.75) is 19.7 Å². The zero-order valence-electron chi connectivity index (χ0n) is 15.2. The Bertz CT molecular complexity index is 937. The van der Waals surface area contributed by atoms with E-state index in [1.807, 2.05) is 65.6 Å². The van der Waals surface area contributed by atoms with Crippen LogP contribution >= 0.6 is 0 Å². The van der Waals surface area contributed by atoms with Crippen LogP contribution < -0.4 is 9.47 Å². The van der Waals surface area contributed by atoms with Crippen molar-refractivity contribution >= 4 is 5.91 Å². The van der Waals surface area contributed by atoms with E-state index in [-0.39, 0.29) is 5.91 Å². The Morgan fingerprint density at radius 2 is 1.81 bits per heavy atom. The average molecular weight is 363 g/mol. The van der Waals surface area contributed by atoms with Crippen LogP contribution in [0.15, 0.2) is 60.7 Å². The maximum absolute atomic E-state index is 12.9. The van der Waals surface area contributed by atoms with E-state index in [0.717, 1.165) is 22.8 Å². The Morgan fingerprint density at radius 1 is 1.00 bits per heavy atom. The highest BCUT2D eigenvalue weighted by molar-refractivity contribution is 5.93. The Kier molecular flexibility index (Phi) is 4.78. The van der Waals surface area contributed by atoms with Crippen molar-refractivity contribution in [3.63, 3.8) is 0 Å². The number of fused-ring (bicyclic) bond motifs is 1. The van der Waals surface area contributed by atoms with Gasteiger partial charge in [0.15, 0.2) is 0 Å². The minimum absolute atomic E-state index is 0.0115. The summed E-state index contributed by atoms with van der Waals surface area (Å²) in [6.45, 7) is 2.20. The number of amides is 1. The van der Waals surface area contributed by atoms with Crippen molar-refractivity contribution in [1.82, 2.24) is 14.7 Å². The van der Waals surface area contributed by atoms with Crippen LogP contribution in [0.3, 0.4) is 0 Å². The highest BCUT2D eigenvalue weighted by atomic mass is 16.5. The number of para-hydroxylation sites is 1. The van der Waals surface area contributed by atoms with Crippen LogP contribution in [0.5, 0.6) is 11.5 Å². The highest BCUT2D eigenvalue weighted by Crippen LogP contribution is 2.20. The van der Waals surface area contributed by atoms with Gasteiger partial charge in [-0.1, -0.05) is 30.3 Å². The lowest BCUT2D eigenvalue weighted by atomic mass is 10.1. The number of aromatic nitrogens is 2. The van der Waals surface area contributed by atoms with Gasteiger partial charge in [-0.25, -0.2) is 0 Å². The van der Waals surface area contributed by atoms with Crippen molar-refractivity contribution in [1.29, 1.82) is 0 Å². The van der Waals surface area contributed by atoms with Gasteiger partial charge in [0.05, 0.1) is 13.7 Å². The molecule has 0 bridgehead atoms. The summed E-state index contributed by atoms with van der Waals surface area (Å²) in [5.74, 6) is 1.57. The fourth-order valence-corrected chi connectivity index (χ4v) is 3.18. The van der Waals surface area contributed by atoms with E-state index in [0.29, 0.717) is 31.9 Å². The second-order valence-electron chi connectivity index (χ2n) is 6.42. The van der Waals surface area contributed by atoms with E-state index < -0.39 is 0 Å². The average Bonchev–Trinajstić information content (AvgIpc) is 3.14. The number of rotatable bonds is 6. The molecule has 1 aliphatic rings. The molecule has 2 aromatic carbocycles. The third kappa shape index (κ3) is 3.79. The Balaban J connectivity index is 1.45. The van der Waals surface area contributed by atoms with E-state index in [4.69, 9.17) is 9.47 Å². The first kappa shape index (κ1) is 17.1. The van der Waals surface area contributed by atoms with E-state index in [1.54, 1.807) is 11.8 Å². The number of ether oxygens (including phenoxy) is 2. The summed E-state index contributed by atoms with van der Waals surface area (Å²) >= 11 is 0. The zero-order valence-corrected chi connectivity index (χ0v) is 15.2. The standard InChI is InChI=1S/C21H21N3O3/c1-26-19-9-5-6-16(12-19)14-23-10-11-24-20(21(23)25)13-17(22-24)15-27-18-7-3-2-4-8-18/h2-9,12-13H,10-11,14-15H2,1H3. The largest absolute Gasteiger partial charge is 0.497 e. The minimum atomic E-state index is -0.0115. The van der Waals surface area contributed by atoms with Gasteiger partial charge >= 0.3 is 0 Å². The van der Waals surface area contributed by atoms with E-state index in [9.17, 15) is 4.79 Å². The fourth-order valence-electron chi connectivity index (χ4n) is 3.18. The monoisotopic (exact) mass is 363 g/mol. The first-order valence-corrected chi connectivity index (χ1v) is 8.90. The number of nitrogens with zero attached hydrogens (tertiary/aromatic N) is 3. The van der Waals surface area contributed by atoms with Gasteiger partial charge in [-0.05, 0) is 35.9 Å². The topological polar surface area (TPSA) is 56.6 Å². The molecule has 3 aromatic rings. The lowest BCUT2D eigenvalue weighted by Gasteiger charge is -2.27. The normalized spacial score (nSPS) is 13.4. The predicted octanol–water partition coefficient (Wildman–Crippen LogP) is 3.13. The molecule has 0 saturated carbocycles. The molecule has 6 heteroatoms. The van der Waals surface area contributed by atoms with Gasteiger partial charge in [0, 0.05) is 13.1 Å². The van der Waals surface area contributed by atoms with Gasteiger partial charge in [-0.3, -0.25) is 9.48 Å². The molecule has 1 amide bonds. The van der Waals surface area contributed by atoms with Crippen molar-refractivity contribution in [2.75, 3.05) is 13.7 Å². The first-order valence-electron chi connectivity index (χ1n) is 8.90. The number of benzene rings is 2. The molecule has 6 nitrogen and oxygen atoms in total. The minimum Gasteiger partial charge on any atom is -0.497 e. The molecule has 1 aliphatic heterocycles. The van der Waals surface area contributed by atoms with Crippen LogP contribution in [0.4, 0.5) is 0 Å². The van der Waals surface area contributed by atoms with Crippen LogP contribution in [-0.4, -0.2) is 34.2 Å². The lowest BCUT2D eigenvalue weighted by molar-refractivity contribution is 0.0683. The third-order valence-corrected chi connectivity index (χ3v) is 4.56. The summed E-state index contributed by atoms with van der Waals surface area (Å²) in [6, 6.07) is 19.2. The molecule has 2 heterocycles. The van der Waals surface area contributed by atoms with E-state index in [2.05, 4.69) is 5.10 Å². The SMILES string of the molecule is COc1cccc(CN2CCn3nc(COc4ccccc4)cc3C2=O)c1. The van der Waals surface area contributed by atoms with Crippen molar-refractivity contribution in [2.24, 2.45) is 0 Å². The maximum Gasteiger partial charge on any atom is 0.272 e. The molecule has 0 atom stereocenters. The molecule has 0 radical (unpaired) electrons. The summed E-state index contributed by atoms with van der Waals surface area (Å²) in [6.07, 6.45) is 0. The van der Waals surface area contributed by atoms with Gasteiger partial charge < -0.3 is 14.4 Å². The lowest BCUT2D eigenvalue weighted by Crippen LogP contribution is -2.39. The van der Waals surface area contributed by atoms with Crippen LogP contribution in [-0.2, 0) is 19.7 Å². The number of hydrogen-bond donors (Lipinski definition) is 0. The Morgan fingerprint density at radius 3 is 2.63 bits per heavy atom. The van der Waals surface area contributed by atoms with Crippen molar-refractivity contribution < 1.29 is 14.3 Å². The van der Waals surface area contributed by atoms with Gasteiger partial charge in [0.25, 0.3) is 5.91 Å². The van der Waals surface area contributed by atoms with Gasteiger partial charge in [-0.15, -0.1) is 0 Å². The number of carbonyl (C=O) groups is 1. The molecule has 0 saturated heterocycles. The smallest absolute Gasteiger partial charge is 0.272 e. The Labute approximate surface area is 157 Å². The van der Waals surface area contributed by atoms with E-state index in [1.165, 1.54) is 0 Å². The Hall–Kier alpha value is -3.28. The zero-order chi connectivity index (χ0) is 18.6. The molecule has 0 N–H and O–H groups in total. The van der Waals surface area contributed by atoms with Crippen LogP contribution in [0.25, 0.3) is 0 Å². The molecule has 27 heavy (non-hydrogen) atoms. The fraction of sp³-hybridized carbons (Fsp3) is 0.238. The summed E-state index contributed by atoms with van der Waals surface area (Å²) in [5, 5.41) is 4.51. The van der Waals surface area contributed by atoms with E-state index >= 15 is 0 Å². The molecule has 0 unspecified atom stereocenters. The van der Waals surface area contributed by atoms with Gasteiger partial charge in [0.1, 0.15) is 29.5 Å².